The number of carboxylic acids is 1. The normalized spacial score (nSPS) is 15.5. The summed E-state index contributed by atoms with van der Waals surface area (Å²) in [5.74, 6) is -1.56. The molecule has 0 aliphatic carbocycles. The highest BCUT2D eigenvalue weighted by Crippen LogP contribution is 2.38. The fourth-order valence-electron chi connectivity index (χ4n) is 2.35. The lowest BCUT2D eigenvalue weighted by atomic mass is 10.0. The number of benzene rings is 1. The van der Waals surface area contributed by atoms with Crippen molar-refractivity contribution < 1.29 is 29.0 Å². The molecule has 1 heterocycles. The maximum Gasteiger partial charge on any atom is 0.335 e. The third kappa shape index (κ3) is 3.65. The zero-order valence-electron chi connectivity index (χ0n) is 13.8. The highest BCUT2D eigenvalue weighted by Gasteiger charge is 2.41. The van der Waals surface area contributed by atoms with Gasteiger partial charge < -0.3 is 19.9 Å². The molecule has 0 atom stereocenters. The molecule has 1 aliphatic heterocycles. The van der Waals surface area contributed by atoms with Gasteiger partial charge in [-0.15, -0.1) is 0 Å². The summed E-state index contributed by atoms with van der Waals surface area (Å²) in [6.45, 7) is 3.64. The lowest BCUT2D eigenvalue weighted by molar-refractivity contribution is -0.134. The number of carboxylic acid groups (broad SMARTS) is 1. The van der Waals surface area contributed by atoms with Gasteiger partial charge in [-0.1, -0.05) is 0 Å². The second-order valence-corrected chi connectivity index (χ2v) is 5.83. The average Bonchev–Trinajstić information content (AvgIpc) is 2.51. The maximum atomic E-state index is 12.6. The Labute approximate surface area is 139 Å². The predicted molar refractivity (Wildman–Crippen MR) is 85.3 cm³/mol. The van der Waals surface area contributed by atoms with Gasteiger partial charge in [0.15, 0.2) is 5.60 Å². The van der Waals surface area contributed by atoms with E-state index >= 15 is 0 Å². The van der Waals surface area contributed by atoms with Crippen LogP contribution in [-0.2, 0) is 14.3 Å². The molecule has 0 fully saturated rings. The number of hydrogen-bond acceptors (Lipinski definition) is 5. The SMILES string of the molecule is COCCNC(=O)CN1C(=O)C(C)(C)Oc2ccc(C(=O)O)cc21. The van der Waals surface area contributed by atoms with E-state index in [-0.39, 0.29) is 23.7 Å². The van der Waals surface area contributed by atoms with Gasteiger partial charge in [-0.25, -0.2) is 4.79 Å². The molecule has 2 N–H and O–H groups in total. The molecule has 24 heavy (non-hydrogen) atoms. The Bertz CT molecular complexity index is 671. The van der Waals surface area contributed by atoms with Crippen LogP contribution in [0.15, 0.2) is 18.2 Å². The third-order valence-corrected chi connectivity index (χ3v) is 3.55. The van der Waals surface area contributed by atoms with Crippen molar-refractivity contribution in [3.8, 4) is 5.75 Å². The van der Waals surface area contributed by atoms with Crippen molar-refractivity contribution in [2.45, 2.75) is 19.4 Å². The summed E-state index contributed by atoms with van der Waals surface area (Å²) in [7, 11) is 1.52. The minimum absolute atomic E-state index is 0.00893. The highest BCUT2D eigenvalue weighted by molar-refractivity contribution is 6.06. The molecule has 2 rings (SSSR count). The van der Waals surface area contributed by atoms with Crippen LogP contribution in [0.25, 0.3) is 0 Å². The Hall–Kier alpha value is -2.61. The first-order chi connectivity index (χ1) is 11.3. The number of amides is 2. The fourth-order valence-corrected chi connectivity index (χ4v) is 2.35. The number of carbonyl (C=O) groups excluding carboxylic acids is 2. The number of ether oxygens (including phenoxy) is 2. The molecule has 1 aromatic rings. The van der Waals surface area contributed by atoms with E-state index in [1.54, 1.807) is 13.8 Å². The summed E-state index contributed by atoms with van der Waals surface area (Å²) in [6, 6.07) is 4.21. The summed E-state index contributed by atoms with van der Waals surface area (Å²) in [4.78, 5) is 37.1. The van der Waals surface area contributed by atoms with Gasteiger partial charge in [-0.2, -0.15) is 0 Å². The standard InChI is InChI=1S/C16H20N2O6/c1-16(2)15(22)18(9-13(19)17-6-7-23-3)11-8-10(14(20)21)4-5-12(11)24-16/h4-5,8H,6-7,9H2,1-3H3,(H,17,19)(H,20,21). The summed E-state index contributed by atoms with van der Waals surface area (Å²) >= 11 is 0. The summed E-state index contributed by atoms with van der Waals surface area (Å²) in [5, 5.41) is 11.8. The van der Waals surface area contributed by atoms with Gasteiger partial charge in [0.05, 0.1) is 17.9 Å². The molecule has 0 radical (unpaired) electrons. The van der Waals surface area contributed by atoms with E-state index in [4.69, 9.17) is 14.6 Å². The molecule has 0 saturated heterocycles. The molecule has 8 heteroatoms. The van der Waals surface area contributed by atoms with Gasteiger partial charge >= 0.3 is 5.97 Å². The van der Waals surface area contributed by atoms with Crippen LogP contribution in [0.3, 0.4) is 0 Å². The van der Waals surface area contributed by atoms with Crippen LogP contribution in [0.5, 0.6) is 5.75 Å². The number of anilines is 1. The molecule has 2 amide bonds. The second-order valence-electron chi connectivity index (χ2n) is 5.83. The Morgan fingerprint density at radius 1 is 1.38 bits per heavy atom. The average molecular weight is 336 g/mol. The molecule has 1 aliphatic rings. The smallest absolute Gasteiger partial charge is 0.335 e. The topological polar surface area (TPSA) is 105 Å². The van der Waals surface area contributed by atoms with Gasteiger partial charge in [0.1, 0.15) is 12.3 Å². The zero-order valence-corrected chi connectivity index (χ0v) is 13.8. The first-order valence-corrected chi connectivity index (χ1v) is 7.40. The molecule has 0 aromatic heterocycles. The van der Waals surface area contributed by atoms with Crippen molar-refractivity contribution in [1.82, 2.24) is 5.32 Å². The number of nitrogens with one attached hydrogen (secondary N) is 1. The summed E-state index contributed by atoms with van der Waals surface area (Å²) < 4.78 is 10.5. The van der Waals surface area contributed by atoms with Crippen LogP contribution in [0.1, 0.15) is 24.2 Å². The molecular weight excluding hydrogens is 316 g/mol. The first-order valence-electron chi connectivity index (χ1n) is 7.40. The van der Waals surface area contributed by atoms with Crippen molar-refractivity contribution in [2.75, 3.05) is 31.7 Å². The number of methoxy groups -OCH3 is 1. The van der Waals surface area contributed by atoms with E-state index in [1.165, 1.54) is 30.2 Å². The number of nitrogens with zero attached hydrogens (tertiary/aromatic N) is 1. The lowest BCUT2D eigenvalue weighted by Crippen LogP contribution is -2.55. The van der Waals surface area contributed by atoms with Crippen LogP contribution in [0.2, 0.25) is 0 Å². The monoisotopic (exact) mass is 336 g/mol. The van der Waals surface area contributed by atoms with E-state index in [0.29, 0.717) is 18.9 Å². The second kappa shape index (κ2) is 6.88. The quantitative estimate of drug-likeness (QED) is 0.739. The number of fused-ring (bicyclic) bond motifs is 1. The van der Waals surface area contributed by atoms with Gasteiger partial charge in [-0.05, 0) is 32.0 Å². The van der Waals surface area contributed by atoms with Gasteiger partial charge in [-0.3, -0.25) is 14.5 Å². The van der Waals surface area contributed by atoms with E-state index in [1.807, 2.05) is 0 Å². The zero-order chi connectivity index (χ0) is 17.9. The Morgan fingerprint density at radius 3 is 2.71 bits per heavy atom. The van der Waals surface area contributed by atoms with Gasteiger partial charge in [0.2, 0.25) is 5.91 Å². The molecule has 130 valence electrons. The minimum atomic E-state index is -1.15. The minimum Gasteiger partial charge on any atom is -0.478 e. The molecule has 1 aromatic carbocycles. The largest absolute Gasteiger partial charge is 0.478 e. The molecule has 0 saturated carbocycles. The molecular formula is C16H20N2O6. The number of carbonyl (C=O) groups is 3. The third-order valence-electron chi connectivity index (χ3n) is 3.55. The van der Waals surface area contributed by atoms with Crippen molar-refractivity contribution in [3.05, 3.63) is 23.8 Å². The molecule has 8 nitrogen and oxygen atoms in total. The first kappa shape index (κ1) is 17.7. The Morgan fingerprint density at radius 2 is 2.08 bits per heavy atom. The Balaban J connectivity index is 2.31. The maximum absolute atomic E-state index is 12.6. The van der Waals surface area contributed by atoms with E-state index in [2.05, 4.69) is 5.32 Å². The number of rotatable bonds is 6. The van der Waals surface area contributed by atoms with Crippen LogP contribution in [0.4, 0.5) is 5.69 Å². The van der Waals surface area contributed by atoms with Crippen LogP contribution >= 0.6 is 0 Å². The molecule has 0 spiro atoms. The fraction of sp³-hybridized carbons (Fsp3) is 0.438. The number of hydrogen-bond donors (Lipinski definition) is 2. The van der Waals surface area contributed by atoms with E-state index in [0.717, 1.165) is 0 Å². The molecule has 0 unspecified atom stereocenters. The van der Waals surface area contributed by atoms with E-state index < -0.39 is 17.5 Å². The summed E-state index contributed by atoms with van der Waals surface area (Å²) in [6.07, 6.45) is 0. The van der Waals surface area contributed by atoms with Crippen LogP contribution in [0, 0.1) is 0 Å². The summed E-state index contributed by atoms with van der Waals surface area (Å²) in [5.41, 5.74) is -0.874. The molecule has 0 bridgehead atoms. The van der Waals surface area contributed by atoms with Crippen LogP contribution < -0.4 is 15.0 Å². The van der Waals surface area contributed by atoms with Crippen LogP contribution in [-0.4, -0.2) is 55.3 Å². The highest BCUT2D eigenvalue weighted by atomic mass is 16.5. The van der Waals surface area contributed by atoms with Crippen molar-refractivity contribution in [2.24, 2.45) is 0 Å². The predicted octanol–water partition coefficient (Wildman–Crippen LogP) is 0.651. The van der Waals surface area contributed by atoms with E-state index in [9.17, 15) is 14.4 Å². The number of aromatic carboxylic acids is 1. The lowest BCUT2D eigenvalue weighted by Gasteiger charge is -2.38. The van der Waals surface area contributed by atoms with Gasteiger partial charge in [0.25, 0.3) is 5.91 Å². The van der Waals surface area contributed by atoms with Crippen molar-refractivity contribution in [1.29, 1.82) is 0 Å². The van der Waals surface area contributed by atoms with Crippen molar-refractivity contribution in [3.63, 3.8) is 0 Å². The van der Waals surface area contributed by atoms with Crippen molar-refractivity contribution >= 4 is 23.5 Å². The Kier molecular flexibility index (Phi) is 5.08. The van der Waals surface area contributed by atoms with Gasteiger partial charge in [0, 0.05) is 13.7 Å².